The van der Waals surface area contributed by atoms with Crippen molar-refractivity contribution in [1.82, 2.24) is 14.9 Å². The number of aromatic nitrogens is 1. The number of nitrogens with one attached hydrogen (secondary N) is 1. The van der Waals surface area contributed by atoms with Gasteiger partial charge in [-0.15, -0.1) is 0 Å². The van der Waals surface area contributed by atoms with Crippen molar-refractivity contribution in [2.45, 2.75) is 27.7 Å². The van der Waals surface area contributed by atoms with Gasteiger partial charge < -0.3 is 9.30 Å². The predicted octanol–water partition coefficient (Wildman–Crippen LogP) is 2.49. The van der Waals surface area contributed by atoms with E-state index in [4.69, 9.17) is 4.74 Å². The van der Waals surface area contributed by atoms with Crippen molar-refractivity contribution in [2.75, 3.05) is 32.8 Å². The van der Waals surface area contributed by atoms with Gasteiger partial charge in [0.25, 0.3) is 5.91 Å². The summed E-state index contributed by atoms with van der Waals surface area (Å²) >= 11 is 0. The number of rotatable bonds is 5. The van der Waals surface area contributed by atoms with Gasteiger partial charge in [0, 0.05) is 35.7 Å². The SMILES string of the molecule is Cc1ccc(-n2c(C)cc(/C=N\NC(=O)CN3CCOCC3)c2C)cc1C. The molecule has 6 nitrogen and oxygen atoms in total. The third kappa shape index (κ3) is 4.64. The van der Waals surface area contributed by atoms with Crippen LogP contribution in [0.15, 0.2) is 29.4 Å². The minimum atomic E-state index is -0.101. The van der Waals surface area contributed by atoms with Crippen molar-refractivity contribution < 1.29 is 9.53 Å². The molecule has 0 spiro atoms. The summed E-state index contributed by atoms with van der Waals surface area (Å²) < 4.78 is 7.50. The number of carbonyl (C=O) groups excluding carboxylic acids is 1. The Kier molecular flexibility index (Phi) is 6.08. The van der Waals surface area contributed by atoms with E-state index in [1.807, 2.05) is 0 Å². The molecule has 1 saturated heterocycles. The van der Waals surface area contributed by atoms with Crippen LogP contribution in [0.2, 0.25) is 0 Å². The summed E-state index contributed by atoms with van der Waals surface area (Å²) in [6.45, 7) is 11.7. The third-order valence-corrected chi connectivity index (χ3v) is 5.08. The van der Waals surface area contributed by atoms with Crippen LogP contribution in [0.4, 0.5) is 0 Å². The third-order valence-electron chi connectivity index (χ3n) is 5.08. The van der Waals surface area contributed by atoms with E-state index in [-0.39, 0.29) is 5.91 Å². The Morgan fingerprint density at radius 1 is 1.15 bits per heavy atom. The zero-order chi connectivity index (χ0) is 19.4. The van der Waals surface area contributed by atoms with Crippen LogP contribution in [-0.2, 0) is 9.53 Å². The number of nitrogens with zero attached hydrogens (tertiary/aromatic N) is 3. The molecule has 1 aliphatic rings. The Morgan fingerprint density at radius 3 is 2.59 bits per heavy atom. The number of morpholine rings is 1. The zero-order valence-electron chi connectivity index (χ0n) is 16.6. The lowest BCUT2D eigenvalue weighted by Crippen LogP contribution is -2.42. The van der Waals surface area contributed by atoms with Gasteiger partial charge in [-0.2, -0.15) is 5.10 Å². The molecule has 0 atom stereocenters. The molecular weight excluding hydrogens is 340 g/mol. The van der Waals surface area contributed by atoms with E-state index >= 15 is 0 Å². The second kappa shape index (κ2) is 8.50. The van der Waals surface area contributed by atoms with Crippen molar-refractivity contribution >= 4 is 12.1 Å². The van der Waals surface area contributed by atoms with Gasteiger partial charge in [-0.1, -0.05) is 6.07 Å². The molecule has 0 aliphatic carbocycles. The fourth-order valence-electron chi connectivity index (χ4n) is 3.35. The first-order valence-electron chi connectivity index (χ1n) is 9.34. The number of hydrogen-bond acceptors (Lipinski definition) is 4. The maximum Gasteiger partial charge on any atom is 0.254 e. The lowest BCUT2D eigenvalue weighted by molar-refractivity contribution is -0.123. The van der Waals surface area contributed by atoms with E-state index < -0.39 is 0 Å². The van der Waals surface area contributed by atoms with Crippen LogP contribution in [0.5, 0.6) is 0 Å². The summed E-state index contributed by atoms with van der Waals surface area (Å²) in [6, 6.07) is 8.55. The standard InChI is InChI=1S/C21H28N4O2/c1-15-5-6-20(11-16(15)2)25-17(3)12-19(18(25)4)13-22-23-21(26)14-24-7-9-27-10-8-24/h5-6,11-13H,7-10,14H2,1-4H3,(H,23,26)/b22-13-. The van der Waals surface area contributed by atoms with E-state index in [9.17, 15) is 4.79 Å². The van der Waals surface area contributed by atoms with Crippen LogP contribution in [0.3, 0.4) is 0 Å². The van der Waals surface area contributed by atoms with E-state index in [0.717, 1.165) is 35.7 Å². The maximum atomic E-state index is 12.0. The molecule has 6 heteroatoms. The van der Waals surface area contributed by atoms with Crippen LogP contribution >= 0.6 is 0 Å². The van der Waals surface area contributed by atoms with Crippen molar-refractivity contribution in [1.29, 1.82) is 0 Å². The largest absolute Gasteiger partial charge is 0.379 e. The van der Waals surface area contributed by atoms with Crippen molar-refractivity contribution in [3.05, 3.63) is 52.3 Å². The average Bonchev–Trinajstić information content (AvgIpc) is 2.92. The summed E-state index contributed by atoms with van der Waals surface area (Å²) in [5, 5.41) is 4.15. The summed E-state index contributed by atoms with van der Waals surface area (Å²) in [5.74, 6) is -0.101. The van der Waals surface area contributed by atoms with Crippen molar-refractivity contribution in [3.63, 3.8) is 0 Å². The predicted molar refractivity (Wildman–Crippen MR) is 108 cm³/mol. The normalized spacial score (nSPS) is 15.4. The van der Waals surface area contributed by atoms with Gasteiger partial charge in [0.05, 0.1) is 26.0 Å². The summed E-state index contributed by atoms with van der Waals surface area (Å²) in [6.07, 6.45) is 1.72. The van der Waals surface area contributed by atoms with Crippen molar-refractivity contribution in [3.8, 4) is 5.69 Å². The number of hydrazone groups is 1. The maximum absolute atomic E-state index is 12.0. The first-order chi connectivity index (χ1) is 13.0. The molecule has 1 aromatic carbocycles. The lowest BCUT2D eigenvalue weighted by Gasteiger charge is -2.25. The smallest absolute Gasteiger partial charge is 0.254 e. The van der Waals surface area contributed by atoms with E-state index in [1.54, 1.807) is 6.21 Å². The molecule has 3 rings (SSSR count). The van der Waals surface area contributed by atoms with Gasteiger partial charge in [-0.25, -0.2) is 5.43 Å². The van der Waals surface area contributed by atoms with Crippen molar-refractivity contribution in [2.24, 2.45) is 5.10 Å². The summed E-state index contributed by atoms with van der Waals surface area (Å²) in [7, 11) is 0. The average molecular weight is 368 g/mol. The van der Waals surface area contributed by atoms with Crippen LogP contribution in [-0.4, -0.2) is 54.4 Å². The van der Waals surface area contributed by atoms with E-state index in [0.29, 0.717) is 19.8 Å². The van der Waals surface area contributed by atoms with Gasteiger partial charge in [-0.05, 0) is 57.0 Å². The fraction of sp³-hybridized carbons (Fsp3) is 0.429. The first kappa shape index (κ1) is 19.3. The monoisotopic (exact) mass is 368 g/mol. The molecule has 27 heavy (non-hydrogen) atoms. The van der Waals surface area contributed by atoms with E-state index in [2.05, 4.69) is 72.0 Å². The number of carbonyl (C=O) groups is 1. The number of aryl methyl sites for hydroxylation is 3. The second-order valence-electron chi connectivity index (χ2n) is 7.11. The van der Waals surface area contributed by atoms with Crippen LogP contribution in [0.1, 0.15) is 28.1 Å². The number of amides is 1. The Labute approximate surface area is 160 Å². The molecule has 2 aromatic rings. The zero-order valence-corrected chi connectivity index (χ0v) is 16.6. The molecule has 1 aliphatic heterocycles. The van der Waals surface area contributed by atoms with Gasteiger partial charge in [0.15, 0.2) is 0 Å². The second-order valence-corrected chi connectivity index (χ2v) is 7.11. The molecule has 1 amide bonds. The Balaban J connectivity index is 1.67. The highest BCUT2D eigenvalue weighted by atomic mass is 16.5. The Hall–Kier alpha value is -2.44. The van der Waals surface area contributed by atoms with Gasteiger partial charge in [-0.3, -0.25) is 9.69 Å². The highest BCUT2D eigenvalue weighted by molar-refractivity contribution is 5.84. The van der Waals surface area contributed by atoms with Crippen LogP contribution < -0.4 is 5.43 Å². The number of benzene rings is 1. The molecular formula is C21H28N4O2. The lowest BCUT2D eigenvalue weighted by atomic mass is 10.1. The highest BCUT2D eigenvalue weighted by Crippen LogP contribution is 2.21. The molecule has 2 heterocycles. The number of ether oxygens (including phenoxy) is 1. The Bertz CT molecular complexity index is 848. The molecule has 1 aromatic heterocycles. The minimum absolute atomic E-state index is 0.101. The quantitative estimate of drug-likeness (QED) is 0.652. The highest BCUT2D eigenvalue weighted by Gasteiger charge is 2.14. The number of hydrogen-bond donors (Lipinski definition) is 1. The summed E-state index contributed by atoms with van der Waals surface area (Å²) in [5.41, 5.74) is 9.56. The van der Waals surface area contributed by atoms with Crippen LogP contribution in [0.25, 0.3) is 5.69 Å². The van der Waals surface area contributed by atoms with Gasteiger partial charge in [0.2, 0.25) is 0 Å². The topological polar surface area (TPSA) is 58.9 Å². The molecule has 1 fully saturated rings. The molecule has 0 radical (unpaired) electrons. The van der Waals surface area contributed by atoms with Gasteiger partial charge >= 0.3 is 0 Å². The molecule has 144 valence electrons. The van der Waals surface area contributed by atoms with E-state index in [1.165, 1.54) is 11.1 Å². The Morgan fingerprint density at radius 2 is 1.89 bits per heavy atom. The molecule has 0 saturated carbocycles. The fourth-order valence-corrected chi connectivity index (χ4v) is 3.35. The van der Waals surface area contributed by atoms with Gasteiger partial charge in [0.1, 0.15) is 0 Å². The van der Waals surface area contributed by atoms with Crippen LogP contribution in [0, 0.1) is 27.7 Å². The minimum Gasteiger partial charge on any atom is -0.379 e. The molecule has 1 N–H and O–H groups in total. The molecule has 0 unspecified atom stereocenters. The first-order valence-corrected chi connectivity index (χ1v) is 9.34. The summed E-state index contributed by atoms with van der Waals surface area (Å²) in [4.78, 5) is 14.1. The molecule has 0 bridgehead atoms.